The maximum absolute atomic E-state index is 12.3. The fourth-order valence-electron chi connectivity index (χ4n) is 2.45. The molecule has 1 aromatic heterocycles. The summed E-state index contributed by atoms with van der Waals surface area (Å²) in [6.07, 6.45) is 6.00. The molecular weight excluding hydrogens is 242 g/mol. The maximum Gasteiger partial charge on any atom is 0.224 e. The second-order valence-electron chi connectivity index (χ2n) is 5.34. The van der Waals surface area contributed by atoms with Gasteiger partial charge in [0.15, 0.2) is 0 Å². The van der Waals surface area contributed by atoms with Crippen LogP contribution in [0, 0.1) is 0 Å². The lowest BCUT2D eigenvalue weighted by atomic mass is 10.1. The second kappa shape index (κ2) is 6.65. The molecule has 0 radical (unpaired) electrons. The Balaban J connectivity index is 1.84. The van der Waals surface area contributed by atoms with Crippen molar-refractivity contribution in [3.8, 4) is 0 Å². The molecule has 1 N–H and O–H groups in total. The van der Waals surface area contributed by atoms with E-state index in [1.54, 1.807) is 11.0 Å². The summed E-state index contributed by atoms with van der Waals surface area (Å²) in [5, 5.41) is 7.46. The van der Waals surface area contributed by atoms with Crippen LogP contribution in [0.25, 0.3) is 0 Å². The molecule has 6 nitrogen and oxygen atoms in total. The van der Waals surface area contributed by atoms with Gasteiger partial charge in [-0.15, -0.1) is 0 Å². The number of aromatic nitrogens is 3. The van der Waals surface area contributed by atoms with E-state index < -0.39 is 0 Å². The van der Waals surface area contributed by atoms with Gasteiger partial charge in [0.05, 0.1) is 6.54 Å². The predicted molar refractivity (Wildman–Crippen MR) is 72.5 cm³/mol. The lowest BCUT2D eigenvalue weighted by molar-refractivity contribution is -0.133. The van der Waals surface area contributed by atoms with E-state index in [0.29, 0.717) is 19.0 Å². The summed E-state index contributed by atoms with van der Waals surface area (Å²) in [6.45, 7) is 6.63. The fraction of sp³-hybridized carbons (Fsp3) is 0.769. The van der Waals surface area contributed by atoms with Gasteiger partial charge in [-0.3, -0.25) is 9.48 Å². The minimum absolute atomic E-state index is 0.194. The van der Waals surface area contributed by atoms with Gasteiger partial charge in [-0.2, -0.15) is 5.10 Å². The molecule has 0 saturated carbocycles. The highest BCUT2D eigenvalue weighted by Crippen LogP contribution is 2.11. The summed E-state index contributed by atoms with van der Waals surface area (Å²) in [7, 11) is 0. The molecule has 1 fully saturated rings. The second-order valence-corrected chi connectivity index (χ2v) is 5.34. The first-order valence-corrected chi connectivity index (χ1v) is 7.02. The number of aryl methyl sites for hydroxylation is 1. The van der Waals surface area contributed by atoms with Crippen molar-refractivity contribution in [2.75, 3.05) is 13.1 Å². The van der Waals surface area contributed by atoms with Gasteiger partial charge in [-0.05, 0) is 33.2 Å². The van der Waals surface area contributed by atoms with E-state index in [2.05, 4.69) is 29.2 Å². The molecule has 0 aromatic carbocycles. The summed E-state index contributed by atoms with van der Waals surface area (Å²) < 4.78 is 1.70. The molecule has 6 heteroatoms. The zero-order valence-corrected chi connectivity index (χ0v) is 11.7. The predicted octanol–water partition coefficient (Wildman–Crippen LogP) is 0.657. The Bertz CT molecular complexity index is 384. The van der Waals surface area contributed by atoms with E-state index in [0.717, 1.165) is 13.1 Å². The van der Waals surface area contributed by atoms with E-state index in [1.807, 2.05) is 4.90 Å². The molecule has 1 atom stereocenters. The lowest BCUT2D eigenvalue weighted by Gasteiger charge is -2.29. The number of carbonyl (C=O) groups is 1. The van der Waals surface area contributed by atoms with Crippen LogP contribution in [0.5, 0.6) is 0 Å². The molecular formula is C13H23N5O. The number of carbonyl (C=O) groups excluding carboxylic acids is 1. The van der Waals surface area contributed by atoms with Gasteiger partial charge >= 0.3 is 0 Å². The Morgan fingerprint density at radius 2 is 2.42 bits per heavy atom. The van der Waals surface area contributed by atoms with E-state index in [-0.39, 0.29) is 11.9 Å². The first kappa shape index (κ1) is 14.0. The first-order valence-electron chi connectivity index (χ1n) is 7.02. The molecule has 0 aliphatic carbocycles. The third kappa shape index (κ3) is 4.02. The Labute approximate surface area is 114 Å². The maximum atomic E-state index is 12.3. The largest absolute Gasteiger partial charge is 0.339 e. The Morgan fingerprint density at radius 3 is 3.00 bits per heavy atom. The fourth-order valence-corrected chi connectivity index (χ4v) is 2.45. The molecule has 1 aliphatic heterocycles. The quantitative estimate of drug-likeness (QED) is 0.820. The Morgan fingerprint density at radius 1 is 1.58 bits per heavy atom. The van der Waals surface area contributed by atoms with Crippen molar-refractivity contribution in [3.05, 3.63) is 12.7 Å². The van der Waals surface area contributed by atoms with Crippen molar-refractivity contribution in [3.63, 3.8) is 0 Å². The highest BCUT2D eigenvalue weighted by atomic mass is 16.2. The van der Waals surface area contributed by atoms with Crippen LogP contribution < -0.4 is 5.32 Å². The number of hydrogen-bond donors (Lipinski definition) is 1. The Kier molecular flexibility index (Phi) is 4.90. The van der Waals surface area contributed by atoms with Crippen LogP contribution in [-0.4, -0.2) is 50.7 Å². The van der Waals surface area contributed by atoms with Crippen molar-refractivity contribution >= 4 is 5.91 Å². The molecule has 1 unspecified atom stereocenters. The van der Waals surface area contributed by atoms with Crippen LogP contribution in [0.1, 0.15) is 33.1 Å². The van der Waals surface area contributed by atoms with E-state index in [4.69, 9.17) is 0 Å². The van der Waals surface area contributed by atoms with Gasteiger partial charge in [-0.1, -0.05) is 0 Å². The number of amides is 1. The molecule has 2 heterocycles. The smallest absolute Gasteiger partial charge is 0.224 e. The molecule has 1 saturated heterocycles. The number of hydrogen-bond acceptors (Lipinski definition) is 4. The summed E-state index contributed by atoms with van der Waals surface area (Å²) in [4.78, 5) is 18.2. The third-order valence-electron chi connectivity index (χ3n) is 3.54. The van der Waals surface area contributed by atoms with Crippen molar-refractivity contribution in [2.45, 2.75) is 51.7 Å². The molecule has 0 bridgehead atoms. The van der Waals surface area contributed by atoms with Gasteiger partial charge in [-0.25, -0.2) is 4.98 Å². The van der Waals surface area contributed by atoms with Crippen LogP contribution in [0.4, 0.5) is 0 Å². The van der Waals surface area contributed by atoms with Crippen LogP contribution in [-0.2, 0) is 11.3 Å². The summed E-state index contributed by atoms with van der Waals surface area (Å²) in [5.41, 5.74) is 0. The van der Waals surface area contributed by atoms with Gasteiger partial charge in [0.1, 0.15) is 12.7 Å². The van der Waals surface area contributed by atoms with Crippen LogP contribution in [0.2, 0.25) is 0 Å². The van der Waals surface area contributed by atoms with Gasteiger partial charge in [0.25, 0.3) is 0 Å². The van der Waals surface area contributed by atoms with Crippen LogP contribution in [0.15, 0.2) is 12.7 Å². The van der Waals surface area contributed by atoms with Gasteiger partial charge in [0, 0.05) is 25.0 Å². The Hall–Kier alpha value is -1.43. The van der Waals surface area contributed by atoms with E-state index in [1.165, 1.54) is 19.2 Å². The molecule has 1 amide bonds. The molecule has 106 valence electrons. The minimum Gasteiger partial charge on any atom is -0.339 e. The van der Waals surface area contributed by atoms with Crippen molar-refractivity contribution < 1.29 is 4.79 Å². The van der Waals surface area contributed by atoms with E-state index >= 15 is 0 Å². The average molecular weight is 265 g/mol. The number of nitrogens with one attached hydrogen (secondary N) is 1. The van der Waals surface area contributed by atoms with Crippen LogP contribution >= 0.6 is 0 Å². The topological polar surface area (TPSA) is 63.1 Å². The van der Waals surface area contributed by atoms with Crippen LogP contribution in [0.3, 0.4) is 0 Å². The highest BCUT2D eigenvalue weighted by Gasteiger charge is 2.23. The first-order chi connectivity index (χ1) is 9.16. The molecule has 0 spiro atoms. The zero-order valence-electron chi connectivity index (χ0n) is 11.7. The van der Waals surface area contributed by atoms with Crippen molar-refractivity contribution in [2.24, 2.45) is 0 Å². The average Bonchev–Trinajstić information content (AvgIpc) is 3.05. The molecule has 19 heavy (non-hydrogen) atoms. The molecule has 2 rings (SSSR count). The van der Waals surface area contributed by atoms with Gasteiger partial charge in [0.2, 0.25) is 5.91 Å². The summed E-state index contributed by atoms with van der Waals surface area (Å²) in [6, 6.07) is 0.698. The van der Waals surface area contributed by atoms with Gasteiger partial charge < -0.3 is 10.2 Å². The summed E-state index contributed by atoms with van der Waals surface area (Å²) in [5.74, 6) is 0.194. The molecule has 1 aliphatic rings. The third-order valence-corrected chi connectivity index (χ3v) is 3.54. The minimum atomic E-state index is 0.194. The van der Waals surface area contributed by atoms with Crippen molar-refractivity contribution in [1.29, 1.82) is 0 Å². The normalized spacial score (nSPS) is 19.0. The monoisotopic (exact) mass is 265 g/mol. The highest BCUT2D eigenvalue weighted by molar-refractivity contribution is 5.76. The lowest BCUT2D eigenvalue weighted by Crippen LogP contribution is -2.45. The standard InChI is InChI=1S/C13H23N5O/c1-11(2)18(8-12-4-3-6-15-12)13(19)5-7-17-10-14-9-16-17/h9-12,15H,3-8H2,1-2H3. The summed E-state index contributed by atoms with van der Waals surface area (Å²) >= 11 is 0. The SMILES string of the molecule is CC(C)N(CC1CCCN1)C(=O)CCn1cncn1. The number of rotatable bonds is 6. The number of nitrogens with zero attached hydrogens (tertiary/aromatic N) is 4. The van der Waals surface area contributed by atoms with E-state index in [9.17, 15) is 4.79 Å². The zero-order chi connectivity index (χ0) is 13.7. The van der Waals surface area contributed by atoms with Crippen molar-refractivity contribution in [1.82, 2.24) is 25.0 Å². The molecule has 1 aromatic rings.